The molecule has 0 spiro atoms. The summed E-state index contributed by atoms with van der Waals surface area (Å²) in [7, 11) is 0. The van der Waals surface area contributed by atoms with Crippen LogP contribution in [-0.2, 0) is 9.59 Å². The first kappa shape index (κ1) is 14.3. The van der Waals surface area contributed by atoms with Gasteiger partial charge in [0.25, 0.3) is 0 Å². The second-order valence-corrected chi connectivity index (χ2v) is 6.23. The van der Waals surface area contributed by atoms with E-state index >= 15 is 0 Å². The van der Waals surface area contributed by atoms with Crippen LogP contribution in [0.3, 0.4) is 0 Å². The smallest absolute Gasteiger partial charge is 0.227 e. The maximum Gasteiger partial charge on any atom is 0.227 e. The van der Waals surface area contributed by atoms with Crippen LogP contribution in [0.15, 0.2) is 0 Å². The van der Waals surface area contributed by atoms with Gasteiger partial charge in [-0.1, -0.05) is 6.42 Å². The summed E-state index contributed by atoms with van der Waals surface area (Å²) in [5.74, 6) is 0.238. The largest absolute Gasteiger partial charge is 0.351 e. The van der Waals surface area contributed by atoms with Gasteiger partial charge in [0.15, 0.2) is 0 Å². The standard InChI is InChI=1S/C14H25N3O2/c1-10(9-17-8-4-6-12(17)18)16-13(19)14(2)7-3-5-11(14)15/h10-11H,3-9,15H2,1-2H3,(H,16,19). The summed E-state index contributed by atoms with van der Waals surface area (Å²) in [6.07, 6.45) is 4.37. The number of nitrogens with two attached hydrogens (primary N) is 1. The number of rotatable bonds is 4. The third-order valence-electron chi connectivity index (χ3n) is 4.59. The Labute approximate surface area is 114 Å². The van der Waals surface area contributed by atoms with Gasteiger partial charge >= 0.3 is 0 Å². The van der Waals surface area contributed by atoms with Crippen LogP contribution in [0.1, 0.15) is 46.0 Å². The molecule has 2 rings (SSSR count). The SMILES string of the molecule is CC(CN1CCCC1=O)NC(=O)C1(C)CCCC1N. The molecule has 1 aliphatic heterocycles. The molecule has 1 aliphatic carbocycles. The van der Waals surface area contributed by atoms with E-state index in [-0.39, 0.29) is 23.9 Å². The topological polar surface area (TPSA) is 75.4 Å². The molecular weight excluding hydrogens is 242 g/mol. The molecule has 1 saturated heterocycles. The van der Waals surface area contributed by atoms with E-state index in [1.54, 1.807) is 0 Å². The highest BCUT2D eigenvalue weighted by Gasteiger charge is 2.43. The van der Waals surface area contributed by atoms with Crippen LogP contribution in [0.5, 0.6) is 0 Å². The van der Waals surface area contributed by atoms with Gasteiger partial charge < -0.3 is 16.0 Å². The zero-order chi connectivity index (χ0) is 14.0. The van der Waals surface area contributed by atoms with Crippen LogP contribution in [-0.4, -0.2) is 41.9 Å². The molecule has 0 aromatic carbocycles. The Morgan fingerprint density at radius 3 is 2.84 bits per heavy atom. The predicted octanol–water partition coefficient (Wildman–Crippen LogP) is 0.631. The lowest BCUT2D eigenvalue weighted by molar-refractivity contribution is -0.133. The zero-order valence-electron chi connectivity index (χ0n) is 11.9. The highest BCUT2D eigenvalue weighted by molar-refractivity contribution is 5.84. The molecular formula is C14H25N3O2. The molecule has 3 N–H and O–H groups in total. The lowest BCUT2D eigenvalue weighted by Crippen LogP contribution is -2.52. The quantitative estimate of drug-likeness (QED) is 0.784. The number of nitrogens with zero attached hydrogens (tertiary/aromatic N) is 1. The molecule has 108 valence electrons. The molecule has 2 aliphatic rings. The number of hydrogen-bond acceptors (Lipinski definition) is 3. The Balaban J connectivity index is 1.86. The van der Waals surface area contributed by atoms with Gasteiger partial charge in [-0.2, -0.15) is 0 Å². The van der Waals surface area contributed by atoms with Gasteiger partial charge in [0.05, 0.1) is 5.41 Å². The second kappa shape index (κ2) is 5.49. The molecule has 5 nitrogen and oxygen atoms in total. The molecule has 1 saturated carbocycles. The van der Waals surface area contributed by atoms with E-state index in [0.717, 1.165) is 32.2 Å². The second-order valence-electron chi connectivity index (χ2n) is 6.23. The van der Waals surface area contributed by atoms with E-state index < -0.39 is 5.41 Å². The first-order valence-corrected chi connectivity index (χ1v) is 7.28. The molecule has 1 heterocycles. The fraction of sp³-hybridized carbons (Fsp3) is 0.857. The van der Waals surface area contributed by atoms with Crippen LogP contribution in [0.4, 0.5) is 0 Å². The summed E-state index contributed by atoms with van der Waals surface area (Å²) in [4.78, 5) is 25.7. The number of amides is 2. The molecule has 0 radical (unpaired) electrons. The molecule has 0 aromatic rings. The van der Waals surface area contributed by atoms with Gasteiger partial charge in [-0.15, -0.1) is 0 Å². The van der Waals surface area contributed by atoms with Crippen molar-refractivity contribution in [1.29, 1.82) is 0 Å². The average molecular weight is 267 g/mol. The van der Waals surface area contributed by atoms with Gasteiger partial charge in [-0.25, -0.2) is 0 Å². The monoisotopic (exact) mass is 267 g/mol. The van der Waals surface area contributed by atoms with Crippen molar-refractivity contribution >= 4 is 11.8 Å². The van der Waals surface area contributed by atoms with Crippen molar-refractivity contribution in [3.63, 3.8) is 0 Å². The van der Waals surface area contributed by atoms with Gasteiger partial charge in [0.1, 0.15) is 0 Å². The maximum absolute atomic E-state index is 12.3. The first-order valence-electron chi connectivity index (χ1n) is 7.28. The minimum absolute atomic E-state index is 0.0147. The highest BCUT2D eigenvalue weighted by atomic mass is 16.2. The van der Waals surface area contributed by atoms with E-state index in [0.29, 0.717) is 13.0 Å². The summed E-state index contributed by atoms with van der Waals surface area (Å²) in [5, 5.41) is 3.03. The summed E-state index contributed by atoms with van der Waals surface area (Å²) in [6.45, 7) is 5.33. The van der Waals surface area contributed by atoms with Crippen LogP contribution >= 0.6 is 0 Å². The van der Waals surface area contributed by atoms with Crippen LogP contribution in [0, 0.1) is 5.41 Å². The summed E-state index contributed by atoms with van der Waals surface area (Å²) < 4.78 is 0. The fourth-order valence-corrected chi connectivity index (χ4v) is 3.14. The summed E-state index contributed by atoms with van der Waals surface area (Å²) in [6, 6.07) is -0.0627. The van der Waals surface area contributed by atoms with Crippen molar-refractivity contribution in [1.82, 2.24) is 10.2 Å². The zero-order valence-corrected chi connectivity index (χ0v) is 11.9. The fourth-order valence-electron chi connectivity index (χ4n) is 3.14. The van der Waals surface area contributed by atoms with E-state index in [1.165, 1.54) is 0 Å². The van der Waals surface area contributed by atoms with Gasteiger partial charge in [0, 0.05) is 31.6 Å². The van der Waals surface area contributed by atoms with Crippen molar-refractivity contribution in [3.05, 3.63) is 0 Å². The number of nitrogens with one attached hydrogen (secondary N) is 1. The molecule has 0 bridgehead atoms. The number of carbonyl (C=O) groups excluding carboxylic acids is 2. The number of likely N-dealkylation sites (tertiary alicyclic amines) is 1. The Hall–Kier alpha value is -1.10. The van der Waals surface area contributed by atoms with Gasteiger partial charge in [-0.3, -0.25) is 9.59 Å². The third kappa shape index (κ3) is 2.91. The van der Waals surface area contributed by atoms with E-state index in [2.05, 4.69) is 5.32 Å². The average Bonchev–Trinajstić information content (AvgIpc) is 2.88. The minimum atomic E-state index is -0.441. The third-order valence-corrected chi connectivity index (χ3v) is 4.59. The van der Waals surface area contributed by atoms with Crippen molar-refractivity contribution in [3.8, 4) is 0 Å². The van der Waals surface area contributed by atoms with Crippen molar-refractivity contribution in [2.75, 3.05) is 13.1 Å². The Kier molecular flexibility index (Phi) is 4.13. The maximum atomic E-state index is 12.3. The Bertz CT molecular complexity index is 372. The number of carbonyl (C=O) groups is 2. The molecule has 5 heteroatoms. The molecule has 2 fully saturated rings. The minimum Gasteiger partial charge on any atom is -0.351 e. The van der Waals surface area contributed by atoms with Crippen molar-refractivity contribution in [2.45, 2.75) is 58.0 Å². The molecule has 3 atom stereocenters. The van der Waals surface area contributed by atoms with Crippen molar-refractivity contribution in [2.24, 2.45) is 11.1 Å². The van der Waals surface area contributed by atoms with Gasteiger partial charge in [-0.05, 0) is 33.1 Å². The molecule has 2 amide bonds. The predicted molar refractivity (Wildman–Crippen MR) is 73.4 cm³/mol. The molecule has 3 unspecified atom stereocenters. The lowest BCUT2D eigenvalue weighted by atomic mass is 9.84. The highest BCUT2D eigenvalue weighted by Crippen LogP contribution is 2.36. The number of hydrogen-bond donors (Lipinski definition) is 2. The van der Waals surface area contributed by atoms with E-state index in [9.17, 15) is 9.59 Å². The van der Waals surface area contributed by atoms with Crippen LogP contribution < -0.4 is 11.1 Å². The van der Waals surface area contributed by atoms with E-state index in [1.807, 2.05) is 18.7 Å². The molecule has 19 heavy (non-hydrogen) atoms. The van der Waals surface area contributed by atoms with Crippen molar-refractivity contribution < 1.29 is 9.59 Å². The Morgan fingerprint density at radius 1 is 1.58 bits per heavy atom. The normalized spacial score (nSPS) is 32.7. The van der Waals surface area contributed by atoms with Crippen LogP contribution in [0.2, 0.25) is 0 Å². The van der Waals surface area contributed by atoms with Crippen LogP contribution in [0.25, 0.3) is 0 Å². The first-order chi connectivity index (χ1) is 8.93. The lowest BCUT2D eigenvalue weighted by Gasteiger charge is -2.30. The van der Waals surface area contributed by atoms with Gasteiger partial charge in [0.2, 0.25) is 11.8 Å². The Morgan fingerprint density at radius 2 is 2.32 bits per heavy atom. The van der Waals surface area contributed by atoms with E-state index in [4.69, 9.17) is 5.73 Å². The summed E-state index contributed by atoms with van der Waals surface area (Å²) >= 11 is 0. The molecule has 0 aromatic heterocycles. The summed E-state index contributed by atoms with van der Waals surface area (Å²) in [5.41, 5.74) is 5.61.